The topological polar surface area (TPSA) is 48.5 Å². The number of halogens is 1. The van der Waals surface area contributed by atoms with Gasteiger partial charge in [0, 0.05) is 12.7 Å². The first-order valence-electron chi connectivity index (χ1n) is 4.62. The third-order valence-corrected chi connectivity index (χ3v) is 3.95. The van der Waals surface area contributed by atoms with Crippen LogP contribution in [-0.2, 0) is 13.6 Å². The van der Waals surface area contributed by atoms with Crippen LogP contribution in [0.1, 0.15) is 17.2 Å². The lowest BCUT2D eigenvalue weighted by Gasteiger charge is -2.03. The second-order valence-corrected chi connectivity index (χ2v) is 4.52. The number of aromatic nitrogens is 5. The summed E-state index contributed by atoms with van der Waals surface area (Å²) in [7, 11) is 1.89. The van der Waals surface area contributed by atoms with Crippen LogP contribution in [0.25, 0.3) is 0 Å². The second kappa shape index (κ2) is 3.92. The summed E-state index contributed by atoms with van der Waals surface area (Å²) in [5.74, 6) is 0.914. The van der Waals surface area contributed by atoms with Gasteiger partial charge in [-0.1, -0.05) is 0 Å². The maximum absolute atomic E-state index is 4.45. The first-order valence-corrected chi connectivity index (χ1v) is 5.70. The Kier molecular flexibility index (Phi) is 2.76. The summed E-state index contributed by atoms with van der Waals surface area (Å²) in [6.07, 6.45) is 1.56. The Morgan fingerprint density at radius 1 is 1.40 bits per heavy atom. The van der Waals surface area contributed by atoms with Gasteiger partial charge in [0.05, 0.1) is 9.26 Å². The third kappa shape index (κ3) is 1.90. The fraction of sp³-hybridized carbons (Fsp3) is 0.444. The molecule has 0 atom stereocenters. The van der Waals surface area contributed by atoms with Crippen LogP contribution in [0.3, 0.4) is 0 Å². The fourth-order valence-corrected chi connectivity index (χ4v) is 1.81. The van der Waals surface area contributed by atoms with Crippen molar-refractivity contribution in [3.8, 4) is 0 Å². The van der Waals surface area contributed by atoms with Crippen LogP contribution >= 0.6 is 22.6 Å². The van der Waals surface area contributed by atoms with Crippen molar-refractivity contribution in [2.45, 2.75) is 20.4 Å². The summed E-state index contributed by atoms with van der Waals surface area (Å²) in [4.78, 5) is 4.18. The Morgan fingerprint density at radius 2 is 2.13 bits per heavy atom. The standard InChI is InChI=1S/C9H12IN5/c1-6-9(10)7(2)15(13-6)4-8-11-5-12-14(8)3/h5H,4H2,1-3H3. The van der Waals surface area contributed by atoms with Gasteiger partial charge in [-0.15, -0.1) is 0 Å². The predicted octanol–water partition coefficient (Wildman–Crippen LogP) is 1.28. The lowest BCUT2D eigenvalue weighted by atomic mass is 10.4. The number of hydrogen-bond acceptors (Lipinski definition) is 3. The predicted molar refractivity (Wildman–Crippen MR) is 64.5 cm³/mol. The first-order chi connectivity index (χ1) is 7.09. The number of rotatable bonds is 2. The molecule has 0 saturated carbocycles. The van der Waals surface area contributed by atoms with E-state index in [1.54, 1.807) is 11.0 Å². The summed E-state index contributed by atoms with van der Waals surface area (Å²) in [5.41, 5.74) is 2.24. The molecule has 80 valence electrons. The Bertz CT molecular complexity index is 485. The molecular formula is C9H12IN5. The largest absolute Gasteiger partial charge is 0.261 e. The van der Waals surface area contributed by atoms with Crippen molar-refractivity contribution in [2.75, 3.05) is 0 Å². The molecule has 0 N–H and O–H groups in total. The highest BCUT2D eigenvalue weighted by atomic mass is 127. The van der Waals surface area contributed by atoms with Crippen LogP contribution in [0.5, 0.6) is 0 Å². The van der Waals surface area contributed by atoms with Gasteiger partial charge in [0.15, 0.2) is 0 Å². The van der Waals surface area contributed by atoms with Crippen molar-refractivity contribution in [1.29, 1.82) is 0 Å². The Labute approximate surface area is 102 Å². The normalized spacial score (nSPS) is 10.9. The van der Waals surface area contributed by atoms with E-state index in [1.807, 2.05) is 18.7 Å². The summed E-state index contributed by atoms with van der Waals surface area (Å²) >= 11 is 2.31. The van der Waals surface area contributed by atoms with E-state index in [0.29, 0.717) is 6.54 Å². The number of aryl methyl sites for hydroxylation is 2. The maximum atomic E-state index is 4.45. The zero-order chi connectivity index (χ0) is 11.0. The van der Waals surface area contributed by atoms with Crippen LogP contribution in [0, 0.1) is 17.4 Å². The minimum Gasteiger partial charge on any atom is -0.261 e. The summed E-state index contributed by atoms with van der Waals surface area (Å²) in [5, 5.41) is 8.49. The zero-order valence-electron chi connectivity index (χ0n) is 8.90. The van der Waals surface area contributed by atoms with E-state index in [-0.39, 0.29) is 0 Å². The van der Waals surface area contributed by atoms with Crippen LogP contribution in [0.15, 0.2) is 6.33 Å². The van der Waals surface area contributed by atoms with Crippen molar-refractivity contribution in [1.82, 2.24) is 24.5 Å². The molecule has 0 aliphatic carbocycles. The van der Waals surface area contributed by atoms with Crippen molar-refractivity contribution in [3.05, 3.63) is 27.1 Å². The SMILES string of the molecule is Cc1nn(Cc2ncnn2C)c(C)c1I. The molecule has 0 amide bonds. The molecule has 0 aliphatic rings. The lowest BCUT2D eigenvalue weighted by Crippen LogP contribution is -2.09. The molecule has 2 rings (SSSR count). The van der Waals surface area contributed by atoms with Crippen LogP contribution in [0.2, 0.25) is 0 Å². The maximum Gasteiger partial charge on any atom is 0.148 e. The second-order valence-electron chi connectivity index (χ2n) is 3.44. The Morgan fingerprint density at radius 3 is 2.60 bits per heavy atom. The smallest absolute Gasteiger partial charge is 0.148 e. The van der Waals surface area contributed by atoms with E-state index in [4.69, 9.17) is 0 Å². The van der Waals surface area contributed by atoms with Crippen molar-refractivity contribution in [3.63, 3.8) is 0 Å². The molecule has 2 aromatic heterocycles. The highest BCUT2D eigenvalue weighted by molar-refractivity contribution is 14.1. The summed E-state index contributed by atoms with van der Waals surface area (Å²) in [6.45, 7) is 4.76. The van der Waals surface area contributed by atoms with Crippen molar-refractivity contribution < 1.29 is 0 Å². The van der Waals surface area contributed by atoms with Crippen LogP contribution < -0.4 is 0 Å². The zero-order valence-corrected chi connectivity index (χ0v) is 11.1. The van der Waals surface area contributed by atoms with E-state index in [0.717, 1.165) is 11.5 Å². The molecule has 0 aliphatic heterocycles. The Hall–Kier alpha value is -0.920. The third-order valence-electron chi connectivity index (χ3n) is 2.39. The van der Waals surface area contributed by atoms with E-state index < -0.39 is 0 Å². The summed E-state index contributed by atoms with van der Waals surface area (Å²) < 4.78 is 4.94. The van der Waals surface area contributed by atoms with E-state index in [1.165, 1.54) is 9.26 Å². The number of hydrogen-bond donors (Lipinski definition) is 0. The quantitative estimate of drug-likeness (QED) is 0.784. The van der Waals surface area contributed by atoms with Gasteiger partial charge in [-0.05, 0) is 36.4 Å². The Balaban J connectivity index is 2.33. The summed E-state index contributed by atoms with van der Waals surface area (Å²) in [6, 6.07) is 0. The minimum absolute atomic E-state index is 0.673. The van der Waals surface area contributed by atoms with Gasteiger partial charge >= 0.3 is 0 Å². The van der Waals surface area contributed by atoms with Crippen LogP contribution in [0.4, 0.5) is 0 Å². The minimum atomic E-state index is 0.673. The van der Waals surface area contributed by atoms with Crippen molar-refractivity contribution >= 4 is 22.6 Å². The lowest BCUT2D eigenvalue weighted by molar-refractivity contribution is 0.593. The number of nitrogens with zero attached hydrogens (tertiary/aromatic N) is 5. The van der Waals surface area contributed by atoms with Crippen LogP contribution in [-0.4, -0.2) is 24.5 Å². The highest BCUT2D eigenvalue weighted by Crippen LogP contribution is 2.15. The molecule has 2 aromatic rings. The average molecular weight is 317 g/mol. The molecule has 0 unspecified atom stereocenters. The molecular weight excluding hydrogens is 305 g/mol. The molecule has 0 radical (unpaired) electrons. The highest BCUT2D eigenvalue weighted by Gasteiger charge is 2.10. The van der Waals surface area contributed by atoms with E-state index in [2.05, 4.69) is 44.7 Å². The monoisotopic (exact) mass is 317 g/mol. The van der Waals surface area contributed by atoms with Gasteiger partial charge in [-0.2, -0.15) is 10.2 Å². The molecule has 2 heterocycles. The van der Waals surface area contributed by atoms with E-state index in [9.17, 15) is 0 Å². The molecule has 5 nitrogen and oxygen atoms in total. The first kappa shape index (κ1) is 10.6. The van der Waals surface area contributed by atoms with Gasteiger partial charge in [0.2, 0.25) is 0 Å². The molecule has 0 saturated heterocycles. The molecule has 0 bridgehead atoms. The average Bonchev–Trinajstić information content (AvgIpc) is 2.69. The van der Waals surface area contributed by atoms with Gasteiger partial charge < -0.3 is 0 Å². The van der Waals surface area contributed by atoms with Gasteiger partial charge in [-0.25, -0.2) is 4.98 Å². The molecule has 6 heteroatoms. The van der Waals surface area contributed by atoms with E-state index >= 15 is 0 Å². The molecule has 0 spiro atoms. The fourth-order valence-electron chi connectivity index (χ4n) is 1.43. The van der Waals surface area contributed by atoms with Gasteiger partial charge in [-0.3, -0.25) is 9.36 Å². The van der Waals surface area contributed by atoms with Gasteiger partial charge in [0.25, 0.3) is 0 Å². The van der Waals surface area contributed by atoms with Crippen molar-refractivity contribution in [2.24, 2.45) is 7.05 Å². The van der Waals surface area contributed by atoms with Gasteiger partial charge in [0.1, 0.15) is 18.7 Å². The molecule has 0 fully saturated rings. The molecule has 0 aromatic carbocycles. The molecule has 15 heavy (non-hydrogen) atoms.